The molecule has 0 bridgehead atoms. The van der Waals surface area contributed by atoms with Gasteiger partial charge in [-0.05, 0) is 18.9 Å². The summed E-state index contributed by atoms with van der Waals surface area (Å²) in [7, 11) is 0. The van der Waals surface area contributed by atoms with Crippen LogP contribution in [0.4, 0.5) is 4.39 Å². The summed E-state index contributed by atoms with van der Waals surface area (Å²) in [5, 5.41) is 9.40. The number of aromatic amines is 1. The summed E-state index contributed by atoms with van der Waals surface area (Å²) in [6.45, 7) is 0. The zero-order chi connectivity index (χ0) is 14.0. The number of carbonyl (C=O) groups is 1. The Balaban J connectivity index is 1.93. The second-order valence-electron chi connectivity index (χ2n) is 5.21. The summed E-state index contributed by atoms with van der Waals surface area (Å²) in [6.07, 6.45) is 6.51. The lowest BCUT2D eigenvalue weighted by atomic mass is 9.87. The monoisotopic (exact) mass is 273 g/mol. The number of H-pyrrole nitrogens is 1. The van der Waals surface area contributed by atoms with E-state index in [1.807, 2.05) is 6.07 Å². The number of nitrogens with zero attached hydrogens (tertiary/aromatic N) is 1. The van der Waals surface area contributed by atoms with Crippen molar-refractivity contribution in [1.82, 2.24) is 15.5 Å². The SMILES string of the molecule is O=C(NC1(c2ccccc2F)CCCC1)c1cn[nH]c1. The van der Waals surface area contributed by atoms with Crippen molar-refractivity contribution >= 4 is 5.91 Å². The van der Waals surface area contributed by atoms with Crippen molar-refractivity contribution in [1.29, 1.82) is 0 Å². The second kappa shape index (κ2) is 5.07. The maximum Gasteiger partial charge on any atom is 0.255 e. The zero-order valence-electron chi connectivity index (χ0n) is 11.0. The molecule has 104 valence electrons. The number of carbonyl (C=O) groups excluding carboxylic acids is 1. The normalized spacial score (nSPS) is 17.1. The van der Waals surface area contributed by atoms with Crippen molar-refractivity contribution in [3.8, 4) is 0 Å². The maximum absolute atomic E-state index is 14.1. The number of benzene rings is 1. The molecule has 20 heavy (non-hydrogen) atoms. The predicted octanol–water partition coefficient (Wildman–Crippen LogP) is 2.75. The third kappa shape index (κ3) is 2.19. The fourth-order valence-electron chi connectivity index (χ4n) is 2.95. The van der Waals surface area contributed by atoms with Crippen LogP contribution in [0, 0.1) is 5.82 Å². The fraction of sp³-hybridized carbons (Fsp3) is 0.333. The van der Waals surface area contributed by atoms with Crippen LogP contribution in [-0.4, -0.2) is 16.1 Å². The number of aromatic nitrogens is 2. The topological polar surface area (TPSA) is 57.8 Å². The molecule has 1 aromatic carbocycles. The highest BCUT2D eigenvalue weighted by atomic mass is 19.1. The summed E-state index contributed by atoms with van der Waals surface area (Å²) >= 11 is 0. The highest BCUT2D eigenvalue weighted by molar-refractivity contribution is 5.94. The molecule has 1 aliphatic carbocycles. The minimum absolute atomic E-state index is 0.219. The average Bonchev–Trinajstić information content (AvgIpc) is 3.10. The second-order valence-corrected chi connectivity index (χ2v) is 5.21. The lowest BCUT2D eigenvalue weighted by Gasteiger charge is -2.31. The van der Waals surface area contributed by atoms with E-state index < -0.39 is 5.54 Å². The smallest absolute Gasteiger partial charge is 0.255 e. The van der Waals surface area contributed by atoms with Crippen LogP contribution in [0.25, 0.3) is 0 Å². The molecule has 4 nitrogen and oxygen atoms in total. The minimum Gasteiger partial charge on any atom is -0.342 e. The van der Waals surface area contributed by atoms with Gasteiger partial charge < -0.3 is 5.32 Å². The van der Waals surface area contributed by atoms with Gasteiger partial charge >= 0.3 is 0 Å². The van der Waals surface area contributed by atoms with Gasteiger partial charge in [-0.1, -0.05) is 31.0 Å². The molecule has 0 saturated heterocycles. The molecule has 2 N–H and O–H groups in total. The fourth-order valence-corrected chi connectivity index (χ4v) is 2.95. The van der Waals surface area contributed by atoms with Gasteiger partial charge in [0.25, 0.3) is 5.91 Å². The van der Waals surface area contributed by atoms with Gasteiger partial charge in [-0.25, -0.2) is 4.39 Å². The predicted molar refractivity (Wildman–Crippen MR) is 72.6 cm³/mol. The summed E-state index contributed by atoms with van der Waals surface area (Å²) in [4.78, 5) is 12.3. The third-order valence-corrected chi connectivity index (χ3v) is 3.96. The van der Waals surface area contributed by atoms with Gasteiger partial charge in [0, 0.05) is 11.8 Å². The Kier molecular flexibility index (Phi) is 3.26. The van der Waals surface area contributed by atoms with Crippen LogP contribution >= 0.6 is 0 Å². The van der Waals surface area contributed by atoms with Gasteiger partial charge in [-0.2, -0.15) is 5.10 Å². The van der Waals surface area contributed by atoms with Crippen molar-refractivity contribution in [2.75, 3.05) is 0 Å². The largest absolute Gasteiger partial charge is 0.342 e. The molecule has 2 aromatic rings. The molecule has 1 fully saturated rings. The van der Waals surface area contributed by atoms with Gasteiger partial charge in [0.15, 0.2) is 0 Å². The van der Waals surface area contributed by atoms with E-state index in [1.54, 1.807) is 18.3 Å². The van der Waals surface area contributed by atoms with Crippen LogP contribution in [0.5, 0.6) is 0 Å². The van der Waals surface area contributed by atoms with E-state index >= 15 is 0 Å². The highest BCUT2D eigenvalue weighted by Gasteiger charge is 2.39. The lowest BCUT2D eigenvalue weighted by Crippen LogP contribution is -2.44. The number of amides is 1. The Hall–Kier alpha value is -2.17. The van der Waals surface area contributed by atoms with Gasteiger partial charge in [0.1, 0.15) is 5.82 Å². The summed E-state index contributed by atoms with van der Waals surface area (Å²) in [6, 6.07) is 6.68. The lowest BCUT2D eigenvalue weighted by molar-refractivity contribution is 0.0896. The maximum atomic E-state index is 14.1. The molecule has 3 rings (SSSR count). The van der Waals surface area contributed by atoms with E-state index in [1.165, 1.54) is 12.3 Å². The Morgan fingerprint density at radius 3 is 2.70 bits per heavy atom. The van der Waals surface area contributed by atoms with Crippen molar-refractivity contribution in [3.63, 3.8) is 0 Å². The molecule has 1 heterocycles. The van der Waals surface area contributed by atoms with Crippen molar-refractivity contribution in [3.05, 3.63) is 53.6 Å². The molecular formula is C15H16FN3O. The standard InChI is InChI=1S/C15H16FN3O/c16-13-6-2-1-5-12(13)15(7-3-4-8-15)19-14(20)11-9-17-18-10-11/h1-2,5-6,9-10H,3-4,7-8H2,(H,17,18)(H,19,20). The van der Waals surface area contributed by atoms with E-state index in [2.05, 4.69) is 15.5 Å². The van der Waals surface area contributed by atoms with Crippen molar-refractivity contribution in [2.24, 2.45) is 0 Å². The van der Waals surface area contributed by atoms with E-state index in [0.29, 0.717) is 11.1 Å². The van der Waals surface area contributed by atoms with Crippen LogP contribution in [0.15, 0.2) is 36.7 Å². The van der Waals surface area contributed by atoms with Crippen LogP contribution in [-0.2, 0) is 5.54 Å². The van der Waals surface area contributed by atoms with E-state index in [4.69, 9.17) is 0 Å². The Bertz CT molecular complexity index is 603. The van der Waals surface area contributed by atoms with Crippen LogP contribution < -0.4 is 5.32 Å². The summed E-state index contributed by atoms with van der Waals surface area (Å²) in [5.74, 6) is -0.481. The van der Waals surface area contributed by atoms with E-state index in [-0.39, 0.29) is 11.7 Å². The first kappa shape index (κ1) is 12.8. The first-order chi connectivity index (χ1) is 9.71. The Labute approximate surface area is 116 Å². The van der Waals surface area contributed by atoms with Gasteiger partial charge in [-0.3, -0.25) is 9.89 Å². The molecule has 1 aromatic heterocycles. The molecule has 1 saturated carbocycles. The number of rotatable bonds is 3. The molecule has 0 atom stereocenters. The number of nitrogens with one attached hydrogen (secondary N) is 2. The third-order valence-electron chi connectivity index (χ3n) is 3.96. The number of hydrogen-bond donors (Lipinski definition) is 2. The highest BCUT2D eigenvalue weighted by Crippen LogP contribution is 2.40. The summed E-state index contributed by atoms with van der Waals surface area (Å²) < 4.78 is 14.1. The molecule has 1 aliphatic rings. The Morgan fingerprint density at radius 1 is 1.30 bits per heavy atom. The molecule has 0 spiro atoms. The van der Waals surface area contributed by atoms with Crippen LogP contribution in [0.3, 0.4) is 0 Å². The first-order valence-electron chi connectivity index (χ1n) is 6.78. The minimum atomic E-state index is -0.598. The van der Waals surface area contributed by atoms with Crippen molar-refractivity contribution in [2.45, 2.75) is 31.2 Å². The molecule has 0 aliphatic heterocycles. The molecule has 0 radical (unpaired) electrons. The number of hydrogen-bond acceptors (Lipinski definition) is 2. The van der Waals surface area contributed by atoms with Crippen LogP contribution in [0.2, 0.25) is 0 Å². The Morgan fingerprint density at radius 2 is 2.05 bits per heavy atom. The molecule has 5 heteroatoms. The zero-order valence-corrected chi connectivity index (χ0v) is 11.0. The van der Waals surface area contributed by atoms with Crippen LogP contribution in [0.1, 0.15) is 41.6 Å². The quantitative estimate of drug-likeness (QED) is 0.903. The molecule has 0 unspecified atom stereocenters. The molecule has 1 amide bonds. The van der Waals surface area contributed by atoms with Gasteiger partial charge in [0.05, 0.1) is 17.3 Å². The number of halogens is 1. The van der Waals surface area contributed by atoms with Gasteiger partial charge in [0.2, 0.25) is 0 Å². The van der Waals surface area contributed by atoms with E-state index in [0.717, 1.165) is 25.7 Å². The summed E-state index contributed by atoms with van der Waals surface area (Å²) in [5.41, 5.74) is 0.446. The van der Waals surface area contributed by atoms with E-state index in [9.17, 15) is 9.18 Å². The average molecular weight is 273 g/mol. The molecular weight excluding hydrogens is 257 g/mol. The van der Waals surface area contributed by atoms with Crippen molar-refractivity contribution < 1.29 is 9.18 Å². The van der Waals surface area contributed by atoms with Gasteiger partial charge in [-0.15, -0.1) is 0 Å². The first-order valence-corrected chi connectivity index (χ1v) is 6.78.